The van der Waals surface area contributed by atoms with Gasteiger partial charge in [-0.3, -0.25) is 4.98 Å². The average molecular weight is 234 g/mol. The highest BCUT2D eigenvalue weighted by Crippen LogP contribution is 2.26. The van der Waals surface area contributed by atoms with Crippen molar-refractivity contribution in [3.63, 3.8) is 0 Å². The topological polar surface area (TPSA) is 50.7 Å². The molecule has 1 unspecified atom stereocenters. The highest BCUT2D eigenvalue weighted by Gasteiger charge is 2.13. The molecular formula is C11H14N4S. The van der Waals surface area contributed by atoms with Crippen LogP contribution in [0, 0.1) is 0 Å². The molecule has 0 aromatic carbocycles. The van der Waals surface area contributed by atoms with E-state index in [1.165, 1.54) is 0 Å². The van der Waals surface area contributed by atoms with Crippen molar-refractivity contribution in [2.24, 2.45) is 0 Å². The van der Waals surface area contributed by atoms with E-state index in [4.69, 9.17) is 0 Å². The fraction of sp³-hybridized carbons (Fsp3) is 0.364. The lowest BCUT2D eigenvalue weighted by atomic mass is 10.2. The molecule has 0 saturated carbocycles. The maximum absolute atomic E-state index is 4.26. The number of aromatic nitrogens is 3. The van der Waals surface area contributed by atoms with E-state index in [0.29, 0.717) is 0 Å². The van der Waals surface area contributed by atoms with Gasteiger partial charge in [0.15, 0.2) is 5.01 Å². The maximum Gasteiger partial charge on any atom is 0.166 e. The first-order chi connectivity index (χ1) is 7.85. The van der Waals surface area contributed by atoms with E-state index in [9.17, 15) is 0 Å². The van der Waals surface area contributed by atoms with Crippen molar-refractivity contribution in [1.29, 1.82) is 0 Å². The molecule has 16 heavy (non-hydrogen) atoms. The van der Waals surface area contributed by atoms with Crippen LogP contribution in [-0.2, 0) is 0 Å². The summed E-state index contributed by atoms with van der Waals surface area (Å²) in [4.78, 5) is 4.26. The number of pyridine rings is 1. The second kappa shape index (κ2) is 5.14. The van der Waals surface area contributed by atoms with Gasteiger partial charge in [-0.05, 0) is 25.6 Å². The highest BCUT2D eigenvalue weighted by atomic mass is 32.1. The van der Waals surface area contributed by atoms with E-state index >= 15 is 0 Å². The molecule has 2 aromatic rings. The van der Waals surface area contributed by atoms with Gasteiger partial charge in [0.05, 0.1) is 6.04 Å². The van der Waals surface area contributed by atoms with Crippen molar-refractivity contribution in [1.82, 2.24) is 20.5 Å². The first-order valence-electron chi connectivity index (χ1n) is 5.27. The Hall–Kier alpha value is -1.33. The quantitative estimate of drug-likeness (QED) is 0.881. The van der Waals surface area contributed by atoms with Crippen molar-refractivity contribution in [3.8, 4) is 10.7 Å². The summed E-state index contributed by atoms with van der Waals surface area (Å²) < 4.78 is 0. The second-order valence-electron chi connectivity index (χ2n) is 3.41. The Balaban J connectivity index is 2.26. The zero-order valence-electron chi connectivity index (χ0n) is 9.34. The van der Waals surface area contributed by atoms with Crippen LogP contribution in [0.4, 0.5) is 0 Å². The molecule has 5 heteroatoms. The van der Waals surface area contributed by atoms with Crippen molar-refractivity contribution in [2.75, 3.05) is 7.05 Å². The first-order valence-corrected chi connectivity index (χ1v) is 6.09. The van der Waals surface area contributed by atoms with Gasteiger partial charge in [-0.1, -0.05) is 24.3 Å². The van der Waals surface area contributed by atoms with Gasteiger partial charge < -0.3 is 5.32 Å². The van der Waals surface area contributed by atoms with Crippen molar-refractivity contribution in [2.45, 2.75) is 19.4 Å². The lowest BCUT2D eigenvalue weighted by Crippen LogP contribution is -2.14. The Kier molecular flexibility index (Phi) is 3.58. The van der Waals surface area contributed by atoms with E-state index in [2.05, 4.69) is 27.4 Å². The summed E-state index contributed by atoms with van der Waals surface area (Å²) in [5, 5.41) is 13.5. The Labute approximate surface area is 98.8 Å². The first kappa shape index (κ1) is 11.2. The van der Waals surface area contributed by atoms with Gasteiger partial charge in [0.2, 0.25) is 0 Å². The SMILES string of the molecule is CCC(NC)c1nnc(-c2ccccn2)s1. The zero-order valence-corrected chi connectivity index (χ0v) is 10.2. The van der Waals surface area contributed by atoms with E-state index in [1.807, 2.05) is 25.2 Å². The van der Waals surface area contributed by atoms with Crippen molar-refractivity contribution < 1.29 is 0 Å². The van der Waals surface area contributed by atoms with E-state index < -0.39 is 0 Å². The van der Waals surface area contributed by atoms with Crippen molar-refractivity contribution in [3.05, 3.63) is 29.4 Å². The number of hydrogen-bond donors (Lipinski definition) is 1. The van der Waals surface area contributed by atoms with Crippen LogP contribution in [0.5, 0.6) is 0 Å². The summed E-state index contributed by atoms with van der Waals surface area (Å²) in [5.74, 6) is 0. The lowest BCUT2D eigenvalue weighted by Gasteiger charge is -2.07. The molecule has 0 aliphatic heterocycles. The number of nitrogens with one attached hydrogen (secondary N) is 1. The molecule has 0 saturated heterocycles. The molecule has 4 nitrogen and oxygen atoms in total. The summed E-state index contributed by atoms with van der Waals surface area (Å²) in [6.07, 6.45) is 2.78. The van der Waals surface area contributed by atoms with E-state index in [0.717, 1.165) is 22.1 Å². The Bertz CT molecular complexity index is 436. The van der Waals surface area contributed by atoms with Crippen LogP contribution in [0.3, 0.4) is 0 Å². The standard InChI is InChI=1S/C11H14N4S/c1-3-8(12-2)10-14-15-11(16-10)9-6-4-5-7-13-9/h4-8,12H,3H2,1-2H3. The van der Waals surface area contributed by atoms with Crippen LogP contribution in [0.2, 0.25) is 0 Å². The molecule has 0 bridgehead atoms. The van der Waals surface area contributed by atoms with Crippen molar-refractivity contribution >= 4 is 11.3 Å². The average Bonchev–Trinajstić information content (AvgIpc) is 2.81. The predicted molar refractivity (Wildman–Crippen MR) is 65.2 cm³/mol. The fourth-order valence-electron chi connectivity index (χ4n) is 1.47. The minimum Gasteiger partial charge on any atom is -0.311 e. The molecule has 0 radical (unpaired) electrons. The molecule has 0 aliphatic rings. The molecule has 2 heterocycles. The summed E-state index contributed by atoms with van der Waals surface area (Å²) in [7, 11) is 1.94. The van der Waals surface area contributed by atoms with Crippen LogP contribution in [0.1, 0.15) is 24.4 Å². The summed E-state index contributed by atoms with van der Waals surface area (Å²) in [6.45, 7) is 2.13. The van der Waals surface area contributed by atoms with Gasteiger partial charge in [-0.25, -0.2) is 0 Å². The molecular weight excluding hydrogens is 220 g/mol. The largest absolute Gasteiger partial charge is 0.311 e. The van der Waals surface area contributed by atoms with Crippen LogP contribution in [-0.4, -0.2) is 22.2 Å². The van der Waals surface area contributed by atoms with Crippen LogP contribution < -0.4 is 5.32 Å². The predicted octanol–water partition coefficient (Wildman–Crippen LogP) is 2.27. The minimum absolute atomic E-state index is 0.287. The Morgan fingerprint density at radius 3 is 2.88 bits per heavy atom. The molecule has 0 spiro atoms. The lowest BCUT2D eigenvalue weighted by molar-refractivity contribution is 0.568. The number of hydrogen-bond acceptors (Lipinski definition) is 5. The van der Waals surface area contributed by atoms with Crippen LogP contribution in [0.25, 0.3) is 10.7 Å². The second-order valence-corrected chi connectivity index (χ2v) is 4.42. The molecule has 2 aromatic heterocycles. The summed E-state index contributed by atoms with van der Waals surface area (Å²) >= 11 is 1.60. The third kappa shape index (κ3) is 2.25. The normalized spacial score (nSPS) is 12.6. The highest BCUT2D eigenvalue weighted by molar-refractivity contribution is 7.14. The molecule has 0 amide bonds. The molecule has 1 N–H and O–H groups in total. The zero-order chi connectivity index (χ0) is 11.4. The third-order valence-electron chi connectivity index (χ3n) is 2.38. The smallest absolute Gasteiger partial charge is 0.166 e. The summed E-state index contributed by atoms with van der Waals surface area (Å²) in [5.41, 5.74) is 0.886. The molecule has 2 rings (SSSR count). The van der Waals surface area contributed by atoms with Crippen LogP contribution >= 0.6 is 11.3 Å². The third-order valence-corrected chi connectivity index (χ3v) is 3.44. The number of nitrogens with zero attached hydrogens (tertiary/aromatic N) is 3. The molecule has 0 fully saturated rings. The fourth-order valence-corrected chi connectivity index (χ4v) is 2.48. The summed E-state index contributed by atoms with van der Waals surface area (Å²) in [6, 6.07) is 6.09. The van der Waals surface area contributed by atoms with E-state index in [-0.39, 0.29) is 6.04 Å². The Morgan fingerprint density at radius 1 is 1.38 bits per heavy atom. The van der Waals surface area contributed by atoms with Gasteiger partial charge in [0.25, 0.3) is 0 Å². The minimum atomic E-state index is 0.287. The van der Waals surface area contributed by atoms with Crippen LogP contribution in [0.15, 0.2) is 24.4 Å². The van der Waals surface area contributed by atoms with Gasteiger partial charge in [0, 0.05) is 6.20 Å². The molecule has 0 aliphatic carbocycles. The molecule has 84 valence electrons. The van der Waals surface area contributed by atoms with Gasteiger partial charge in [0.1, 0.15) is 10.7 Å². The molecule has 1 atom stereocenters. The maximum atomic E-state index is 4.26. The van der Waals surface area contributed by atoms with Gasteiger partial charge in [-0.15, -0.1) is 10.2 Å². The van der Waals surface area contributed by atoms with E-state index in [1.54, 1.807) is 17.5 Å². The van der Waals surface area contributed by atoms with Gasteiger partial charge in [-0.2, -0.15) is 0 Å². The Morgan fingerprint density at radius 2 is 2.25 bits per heavy atom. The monoisotopic (exact) mass is 234 g/mol. The number of rotatable bonds is 4. The van der Waals surface area contributed by atoms with Gasteiger partial charge >= 0.3 is 0 Å².